The molecule has 0 amide bonds. The van der Waals surface area contributed by atoms with Crippen LogP contribution in [0.25, 0.3) is 0 Å². The van der Waals surface area contributed by atoms with Crippen molar-refractivity contribution in [1.82, 2.24) is 10.0 Å². The summed E-state index contributed by atoms with van der Waals surface area (Å²) in [7, 11) is -1.52. The number of nitrogens with zero attached hydrogens (tertiary/aromatic N) is 1. The van der Waals surface area contributed by atoms with Gasteiger partial charge in [0.2, 0.25) is 10.0 Å². The lowest BCUT2D eigenvalue weighted by atomic mass is 10.2. The molecule has 0 fully saturated rings. The second-order valence-corrected chi connectivity index (χ2v) is 8.40. The van der Waals surface area contributed by atoms with Gasteiger partial charge in [-0.05, 0) is 55.1 Å². The van der Waals surface area contributed by atoms with E-state index in [0.717, 1.165) is 18.7 Å². The molecule has 0 radical (unpaired) electrons. The van der Waals surface area contributed by atoms with E-state index < -0.39 is 10.0 Å². The molecule has 27 heavy (non-hydrogen) atoms. The Balaban J connectivity index is 1.82. The largest absolute Gasteiger partial charge is 0.387 e. The maximum atomic E-state index is 12.3. The zero-order valence-corrected chi connectivity index (χ0v) is 17.2. The Bertz CT molecular complexity index is 824. The fourth-order valence-corrected chi connectivity index (χ4v) is 3.64. The molecule has 0 aliphatic rings. The Morgan fingerprint density at radius 1 is 1.11 bits per heavy atom. The second kappa shape index (κ2) is 10.3. The third-order valence-corrected chi connectivity index (χ3v) is 5.85. The summed E-state index contributed by atoms with van der Waals surface area (Å²) in [5, 5.41) is 3.76. The number of hydrogen-bond acceptors (Lipinski definition) is 4. The third kappa shape index (κ3) is 6.90. The molecule has 1 unspecified atom stereocenters. The molecule has 0 saturated heterocycles. The summed E-state index contributed by atoms with van der Waals surface area (Å²) in [6.45, 7) is 3.07. The molecule has 0 aromatic heterocycles. The maximum Gasteiger partial charge on any atom is 0.240 e. The first-order valence-electron chi connectivity index (χ1n) is 8.85. The zero-order chi connectivity index (χ0) is 19.7. The molecule has 2 aromatic rings. The number of halogens is 1. The Morgan fingerprint density at radius 2 is 1.78 bits per heavy atom. The van der Waals surface area contributed by atoms with Gasteiger partial charge in [-0.3, -0.25) is 0 Å². The molecule has 1 atom stereocenters. The third-order valence-electron chi connectivity index (χ3n) is 4.16. The lowest BCUT2D eigenvalue weighted by Crippen LogP contribution is -2.38. The summed E-state index contributed by atoms with van der Waals surface area (Å²) in [5.74, 6) is 0. The molecule has 0 aliphatic heterocycles. The first kappa shape index (κ1) is 21.3. The Morgan fingerprint density at radius 3 is 2.41 bits per heavy atom. The Kier molecular flexibility index (Phi) is 8.16. The van der Waals surface area contributed by atoms with Gasteiger partial charge in [0.25, 0.3) is 0 Å². The first-order chi connectivity index (χ1) is 12.9. The maximum absolute atomic E-state index is 12.3. The molecule has 0 bridgehead atoms. The van der Waals surface area contributed by atoms with Gasteiger partial charge in [0.15, 0.2) is 0 Å². The standard InChI is InChI=1S/C20H26ClN3O2S/c1-3-18(16-23-27(25,26)20-12-10-17(21)11-13-20)22-14-7-15-24(2)19-8-5-4-6-9-19/h4-14,18,22-23H,3,15-16H2,1-2H3/b14-7+. The molecular weight excluding hydrogens is 382 g/mol. The summed E-state index contributed by atoms with van der Waals surface area (Å²) < 4.78 is 27.3. The van der Waals surface area contributed by atoms with Crippen LogP contribution >= 0.6 is 11.6 Å². The van der Waals surface area contributed by atoms with E-state index in [-0.39, 0.29) is 10.9 Å². The minimum absolute atomic E-state index is 0.00496. The smallest absolute Gasteiger partial charge is 0.240 e. The number of likely N-dealkylation sites (N-methyl/N-ethyl adjacent to an activating group) is 1. The van der Waals surface area contributed by atoms with Crippen LogP contribution in [0.4, 0.5) is 5.69 Å². The van der Waals surface area contributed by atoms with Crippen LogP contribution in [0.3, 0.4) is 0 Å². The predicted octanol–water partition coefficient (Wildman–Crippen LogP) is 3.64. The van der Waals surface area contributed by atoms with Gasteiger partial charge in [-0.25, -0.2) is 13.1 Å². The molecule has 7 heteroatoms. The van der Waals surface area contributed by atoms with Crippen molar-refractivity contribution >= 4 is 27.3 Å². The quantitative estimate of drug-likeness (QED) is 0.631. The summed E-state index contributed by atoms with van der Waals surface area (Å²) in [5.41, 5.74) is 1.14. The van der Waals surface area contributed by atoms with E-state index in [1.54, 1.807) is 12.1 Å². The van der Waals surface area contributed by atoms with E-state index >= 15 is 0 Å². The summed E-state index contributed by atoms with van der Waals surface area (Å²) in [6.07, 6.45) is 4.69. The van der Waals surface area contributed by atoms with Crippen LogP contribution in [0.15, 0.2) is 71.8 Å². The highest BCUT2D eigenvalue weighted by Gasteiger charge is 2.15. The predicted molar refractivity (Wildman–Crippen MR) is 113 cm³/mol. The number of hydrogen-bond donors (Lipinski definition) is 2. The summed E-state index contributed by atoms with van der Waals surface area (Å²) in [6, 6.07) is 16.3. The highest BCUT2D eigenvalue weighted by atomic mass is 35.5. The van der Waals surface area contributed by atoms with Crippen molar-refractivity contribution in [3.63, 3.8) is 0 Å². The number of rotatable bonds is 10. The van der Waals surface area contributed by atoms with Crippen LogP contribution in [0, 0.1) is 0 Å². The van der Waals surface area contributed by atoms with Crippen LogP contribution in [0.1, 0.15) is 13.3 Å². The second-order valence-electron chi connectivity index (χ2n) is 6.20. The molecule has 0 aliphatic carbocycles. The number of benzene rings is 2. The van der Waals surface area contributed by atoms with Crippen molar-refractivity contribution in [2.75, 3.05) is 25.0 Å². The lowest BCUT2D eigenvalue weighted by Gasteiger charge is -2.18. The highest BCUT2D eigenvalue weighted by molar-refractivity contribution is 7.89. The van der Waals surface area contributed by atoms with Gasteiger partial charge >= 0.3 is 0 Å². The average Bonchev–Trinajstić information content (AvgIpc) is 2.68. The van der Waals surface area contributed by atoms with Crippen molar-refractivity contribution in [3.05, 3.63) is 71.9 Å². The topological polar surface area (TPSA) is 61.4 Å². The first-order valence-corrected chi connectivity index (χ1v) is 10.7. The highest BCUT2D eigenvalue weighted by Crippen LogP contribution is 2.14. The van der Waals surface area contributed by atoms with Gasteiger partial charge < -0.3 is 10.2 Å². The summed E-state index contributed by atoms with van der Waals surface area (Å²) >= 11 is 5.81. The molecule has 0 saturated carbocycles. The van der Waals surface area contributed by atoms with Crippen molar-refractivity contribution < 1.29 is 8.42 Å². The van der Waals surface area contributed by atoms with Crippen molar-refractivity contribution in [2.45, 2.75) is 24.3 Å². The lowest BCUT2D eigenvalue weighted by molar-refractivity contribution is 0.534. The average molecular weight is 408 g/mol. The molecule has 5 nitrogen and oxygen atoms in total. The van der Waals surface area contributed by atoms with Crippen LogP contribution in [-0.4, -0.2) is 34.6 Å². The van der Waals surface area contributed by atoms with Gasteiger partial charge in [-0.2, -0.15) is 0 Å². The SMILES string of the molecule is CCC(CNS(=O)(=O)c1ccc(Cl)cc1)N/C=C/CN(C)c1ccccc1. The van der Waals surface area contributed by atoms with Crippen LogP contribution in [0.5, 0.6) is 0 Å². The monoisotopic (exact) mass is 407 g/mol. The van der Waals surface area contributed by atoms with Gasteiger partial charge in [-0.1, -0.05) is 36.7 Å². The molecule has 2 N–H and O–H groups in total. The molecule has 0 spiro atoms. The van der Waals surface area contributed by atoms with Gasteiger partial charge in [-0.15, -0.1) is 0 Å². The van der Waals surface area contributed by atoms with Crippen LogP contribution in [-0.2, 0) is 10.0 Å². The van der Waals surface area contributed by atoms with E-state index in [1.165, 1.54) is 12.1 Å². The normalized spacial score (nSPS) is 12.9. The molecule has 2 aromatic carbocycles. The van der Waals surface area contributed by atoms with Crippen LogP contribution < -0.4 is 14.9 Å². The number of nitrogens with one attached hydrogen (secondary N) is 2. The van der Waals surface area contributed by atoms with Crippen LogP contribution in [0.2, 0.25) is 5.02 Å². The zero-order valence-electron chi connectivity index (χ0n) is 15.6. The van der Waals surface area contributed by atoms with Gasteiger partial charge in [0, 0.05) is 36.9 Å². The molecular formula is C20H26ClN3O2S. The van der Waals surface area contributed by atoms with Gasteiger partial charge in [0.05, 0.1) is 4.90 Å². The van der Waals surface area contributed by atoms with Crippen molar-refractivity contribution in [1.29, 1.82) is 0 Å². The van der Waals surface area contributed by atoms with E-state index in [2.05, 4.69) is 27.1 Å². The summed E-state index contributed by atoms with van der Waals surface area (Å²) in [4.78, 5) is 2.34. The van der Waals surface area contributed by atoms with Gasteiger partial charge in [0.1, 0.15) is 0 Å². The fraction of sp³-hybridized carbons (Fsp3) is 0.300. The number of sulfonamides is 1. The molecule has 2 rings (SSSR count). The minimum atomic E-state index is -3.54. The van der Waals surface area contributed by atoms with E-state index in [9.17, 15) is 8.42 Å². The number of para-hydroxylation sites is 1. The minimum Gasteiger partial charge on any atom is -0.387 e. The molecule has 146 valence electrons. The van der Waals surface area contributed by atoms with Crippen molar-refractivity contribution in [2.24, 2.45) is 0 Å². The Labute approximate surface area is 167 Å². The fourth-order valence-electron chi connectivity index (χ4n) is 2.43. The van der Waals surface area contributed by atoms with E-state index in [4.69, 9.17) is 11.6 Å². The Hall–Kier alpha value is -2.02. The van der Waals surface area contributed by atoms with E-state index in [0.29, 0.717) is 11.6 Å². The number of anilines is 1. The molecule has 0 heterocycles. The van der Waals surface area contributed by atoms with E-state index in [1.807, 2.05) is 44.4 Å². The van der Waals surface area contributed by atoms with Crippen molar-refractivity contribution in [3.8, 4) is 0 Å².